The summed E-state index contributed by atoms with van der Waals surface area (Å²) in [5, 5.41) is 13.3. The van der Waals surface area contributed by atoms with Gasteiger partial charge in [-0.25, -0.2) is 9.07 Å². The first-order valence-corrected chi connectivity index (χ1v) is 8.81. The summed E-state index contributed by atoms with van der Waals surface area (Å²) in [6.45, 7) is 0.205. The van der Waals surface area contributed by atoms with Crippen LogP contribution in [0.4, 0.5) is 4.39 Å². The number of hydrogen-bond acceptors (Lipinski definition) is 5. The maximum Gasteiger partial charge on any atom is 0.308 e. The van der Waals surface area contributed by atoms with Gasteiger partial charge in [-0.1, -0.05) is 0 Å². The number of nitrogens with zero attached hydrogens (tertiary/aromatic N) is 3. The first kappa shape index (κ1) is 19.5. The third kappa shape index (κ3) is 4.19. The van der Waals surface area contributed by atoms with E-state index in [1.54, 1.807) is 6.07 Å². The second-order valence-electron chi connectivity index (χ2n) is 6.58. The number of likely N-dealkylation sites (tertiary alicyclic amines) is 1. The summed E-state index contributed by atoms with van der Waals surface area (Å²) in [5.74, 6) is -2.16. The molecule has 1 aromatic heterocycles. The Morgan fingerprint density at radius 3 is 2.79 bits per heavy atom. The summed E-state index contributed by atoms with van der Waals surface area (Å²) < 4.78 is 20.2. The van der Waals surface area contributed by atoms with Gasteiger partial charge in [0.25, 0.3) is 5.56 Å². The monoisotopic (exact) mass is 389 g/mol. The maximum atomic E-state index is 14.3. The first-order chi connectivity index (χ1) is 13.4. The summed E-state index contributed by atoms with van der Waals surface area (Å²) in [5.41, 5.74) is -0.127. The predicted octanol–water partition coefficient (Wildman–Crippen LogP) is 1.38. The van der Waals surface area contributed by atoms with Gasteiger partial charge in [0.15, 0.2) is 0 Å². The Balaban J connectivity index is 1.81. The molecule has 1 N–H and O–H groups in total. The van der Waals surface area contributed by atoms with E-state index in [0.717, 1.165) is 4.68 Å². The van der Waals surface area contributed by atoms with Gasteiger partial charge in [-0.05, 0) is 31.0 Å². The summed E-state index contributed by atoms with van der Waals surface area (Å²) in [4.78, 5) is 37.2. The highest BCUT2D eigenvalue weighted by molar-refractivity contribution is 5.77. The number of carbonyl (C=O) groups is 2. The molecule has 1 atom stereocenters. The summed E-state index contributed by atoms with van der Waals surface area (Å²) in [7, 11) is 1.42. The van der Waals surface area contributed by atoms with E-state index in [9.17, 15) is 18.8 Å². The number of halogens is 1. The van der Waals surface area contributed by atoms with Gasteiger partial charge in [0.1, 0.15) is 18.1 Å². The average Bonchev–Trinajstić information content (AvgIpc) is 2.69. The number of amides is 1. The number of carbonyl (C=O) groups excluding carboxylic acids is 1. The predicted molar refractivity (Wildman–Crippen MR) is 97.4 cm³/mol. The summed E-state index contributed by atoms with van der Waals surface area (Å²) in [6.07, 6.45) is 1.10. The van der Waals surface area contributed by atoms with Crippen molar-refractivity contribution in [2.45, 2.75) is 19.4 Å². The van der Waals surface area contributed by atoms with Gasteiger partial charge in [-0.15, -0.1) is 0 Å². The molecule has 3 rings (SSSR count). The van der Waals surface area contributed by atoms with E-state index >= 15 is 0 Å². The minimum Gasteiger partial charge on any atom is -0.497 e. The summed E-state index contributed by atoms with van der Waals surface area (Å²) in [6, 6.07) is 6.86. The average molecular weight is 389 g/mol. The third-order valence-corrected chi connectivity index (χ3v) is 4.73. The quantitative estimate of drug-likeness (QED) is 0.829. The lowest BCUT2D eigenvalue weighted by atomic mass is 9.98. The van der Waals surface area contributed by atoms with Crippen molar-refractivity contribution in [1.29, 1.82) is 0 Å². The molecule has 0 spiro atoms. The Bertz CT molecular complexity index is 959. The van der Waals surface area contributed by atoms with Crippen molar-refractivity contribution in [3.63, 3.8) is 0 Å². The van der Waals surface area contributed by atoms with Crippen LogP contribution in [0.3, 0.4) is 0 Å². The molecule has 0 radical (unpaired) electrons. The van der Waals surface area contributed by atoms with Crippen LogP contribution in [0.1, 0.15) is 12.8 Å². The Morgan fingerprint density at radius 1 is 1.32 bits per heavy atom. The zero-order valence-electron chi connectivity index (χ0n) is 15.3. The largest absolute Gasteiger partial charge is 0.497 e. The number of hydrogen-bond donors (Lipinski definition) is 1. The van der Waals surface area contributed by atoms with Crippen LogP contribution in [-0.2, 0) is 16.1 Å². The van der Waals surface area contributed by atoms with Gasteiger partial charge in [0, 0.05) is 30.8 Å². The minimum atomic E-state index is -0.940. The van der Waals surface area contributed by atoms with Gasteiger partial charge >= 0.3 is 5.97 Å². The van der Waals surface area contributed by atoms with Crippen LogP contribution in [-0.4, -0.2) is 51.9 Å². The molecule has 1 fully saturated rings. The van der Waals surface area contributed by atoms with Crippen LogP contribution >= 0.6 is 0 Å². The van der Waals surface area contributed by atoms with E-state index in [1.165, 1.54) is 36.3 Å². The number of methoxy groups -OCH3 is 1. The number of carboxylic acid groups (broad SMARTS) is 1. The van der Waals surface area contributed by atoms with Crippen LogP contribution in [0, 0.1) is 11.7 Å². The van der Waals surface area contributed by atoms with Crippen molar-refractivity contribution in [2.24, 2.45) is 5.92 Å². The second kappa shape index (κ2) is 8.20. The highest BCUT2D eigenvalue weighted by Gasteiger charge is 2.28. The molecule has 0 unspecified atom stereocenters. The molecule has 148 valence electrons. The van der Waals surface area contributed by atoms with E-state index in [-0.39, 0.29) is 24.3 Å². The molecule has 1 aliphatic rings. The lowest BCUT2D eigenvalue weighted by Gasteiger charge is -2.30. The topological polar surface area (TPSA) is 102 Å². The second-order valence-corrected chi connectivity index (χ2v) is 6.58. The fraction of sp³-hybridized carbons (Fsp3) is 0.368. The highest BCUT2D eigenvalue weighted by atomic mass is 19.1. The van der Waals surface area contributed by atoms with Crippen LogP contribution in [0.2, 0.25) is 0 Å². The van der Waals surface area contributed by atoms with E-state index < -0.39 is 29.2 Å². The number of piperidine rings is 1. The molecule has 2 heterocycles. The third-order valence-electron chi connectivity index (χ3n) is 4.73. The zero-order chi connectivity index (χ0) is 20.3. The molecule has 1 amide bonds. The molecular formula is C19H20FN3O5. The van der Waals surface area contributed by atoms with Crippen molar-refractivity contribution < 1.29 is 23.8 Å². The van der Waals surface area contributed by atoms with Crippen LogP contribution in [0.15, 0.2) is 35.1 Å². The fourth-order valence-corrected chi connectivity index (χ4v) is 3.17. The van der Waals surface area contributed by atoms with Gasteiger partial charge in [-0.3, -0.25) is 14.4 Å². The number of aliphatic carboxylic acids is 1. The van der Waals surface area contributed by atoms with E-state index in [0.29, 0.717) is 25.1 Å². The Kier molecular flexibility index (Phi) is 5.72. The molecule has 1 aromatic carbocycles. The van der Waals surface area contributed by atoms with Crippen molar-refractivity contribution >= 4 is 11.9 Å². The van der Waals surface area contributed by atoms with Crippen molar-refractivity contribution in [3.8, 4) is 17.0 Å². The standard InChI is InChI=1S/C19H20FN3O5/c1-28-13-4-5-14(15(20)9-13)16-6-7-17(24)23(21-16)11-18(25)22-8-2-3-12(10-22)19(26)27/h4-7,9,12H,2-3,8,10-11H2,1H3,(H,26,27)/t12-/m0/s1. The molecule has 2 aromatic rings. The number of aromatic nitrogens is 2. The van der Waals surface area contributed by atoms with E-state index in [1.807, 2.05) is 0 Å². The molecule has 0 saturated carbocycles. The Morgan fingerprint density at radius 2 is 2.11 bits per heavy atom. The molecule has 1 saturated heterocycles. The van der Waals surface area contributed by atoms with Crippen molar-refractivity contribution in [3.05, 3.63) is 46.5 Å². The van der Waals surface area contributed by atoms with Crippen LogP contribution in [0.5, 0.6) is 5.75 Å². The van der Waals surface area contributed by atoms with Gasteiger partial charge < -0.3 is 14.7 Å². The van der Waals surface area contributed by atoms with Crippen molar-refractivity contribution in [2.75, 3.05) is 20.2 Å². The fourth-order valence-electron chi connectivity index (χ4n) is 3.17. The normalized spacial score (nSPS) is 16.6. The summed E-state index contributed by atoms with van der Waals surface area (Å²) >= 11 is 0. The Hall–Kier alpha value is -3.23. The molecule has 0 aliphatic carbocycles. The van der Waals surface area contributed by atoms with Crippen LogP contribution < -0.4 is 10.3 Å². The van der Waals surface area contributed by atoms with E-state index in [2.05, 4.69) is 5.10 Å². The van der Waals surface area contributed by atoms with Gasteiger partial charge in [-0.2, -0.15) is 5.10 Å². The van der Waals surface area contributed by atoms with Crippen molar-refractivity contribution in [1.82, 2.24) is 14.7 Å². The van der Waals surface area contributed by atoms with Gasteiger partial charge in [0.2, 0.25) is 5.91 Å². The lowest BCUT2D eigenvalue weighted by Crippen LogP contribution is -2.44. The molecule has 9 heteroatoms. The molecule has 1 aliphatic heterocycles. The number of carboxylic acids is 1. The molecular weight excluding hydrogens is 369 g/mol. The van der Waals surface area contributed by atoms with E-state index in [4.69, 9.17) is 9.84 Å². The SMILES string of the molecule is COc1ccc(-c2ccc(=O)n(CC(=O)N3CCC[C@H](C(=O)O)C3)n2)c(F)c1. The minimum absolute atomic E-state index is 0.107. The van der Waals surface area contributed by atoms with Crippen LogP contribution in [0.25, 0.3) is 11.3 Å². The molecule has 28 heavy (non-hydrogen) atoms. The lowest BCUT2D eigenvalue weighted by molar-refractivity contribution is -0.145. The smallest absolute Gasteiger partial charge is 0.308 e. The molecule has 0 bridgehead atoms. The van der Waals surface area contributed by atoms with Gasteiger partial charge in [0.05, 0.1) is 18.7 Å². The Labute approximate surface area is 160 Å². The zero-order valence-corrected chi connectivity index (χ0v) is 15.3. The highest BCUT2D eigenvalue weighted by Crippen LogP contribution is 2.24. The molecule has 8 nitrogen and oxygen atoms in total. The first-order valence-electron chi connectivity index (χ1n) is 8.81. The maximum absolute atomic E-state index is 14.3. The number of rotatable bonds is 5. The number of ether oxygens (including phenoxy) is 1. The number of benzene rings is 1.